The van der Waals surface area contributed by atoms with Crippen molar-refractivity contribution in [1.82, 2.24) is 14.3 Å². The average Bonchev–Trinajstić information content (AvgIpc) is 3.28. The normalized spacial score (nSPS) is 12.2. The van der Waals surface area contributed by atoms with Crippen LogP contribution >= 0.6 is 0 Å². The monoisotopic (exact) mass is 365 g/mol. The number of aromatic nitrogens is 3. The number of hydrogen-bond acceptors (Lipinski definition) is 4. The summed E-state index contributed by atoms with van der Waals surface area (Å²) in [7, 11) is 1.75. The minimum Gasteiger partial charge on any atom is -0.380 e. The van der Waals surface area contributed by atoms with E-state index in [2.05, 4.69) is 31.0 Å². The highest BCUT2D eigenvalue weighted by molar-refractivity contribution is 5.98. The molecule has 7 heteroatoms. The fraction of sp³-hybridized carbons (Fsp3) is 0.250. The maximum atomic E-state index is 12.4. The van der Waals surface area contributed by atoms with Crippen LogP contribution in [0.5, 0.6) is 0 Å². The van der Waals surface area contributed by atoms with Crippen LogP contribution in [0.3, 0.4) is 0 Å². The third-order valence-electron chi connectivity index (χ3n) is 4.25. The van der Waals surface area contributed by atoms with Crippen LogP contribution in [0.15, 0.2) is 60.1 Å². The topological polar surface area (TPSA) is 87.4 Å². The summed E-state index contributed by atoms with van der Waals surface area (Å²) in [6.07, 6.45) is 5.09. The van der Waals surface area contributed by atoms with Gasteiger partial charge in [0.2, 0.25) is 0 Å². The van der Waals surface area contributed by atoms with Crippen LogP contribution in [0.1, 0.15) is 42.3 Å². The first-order valence-electron chi connectivity index (χ1n) is 8.58. The number of amidine groups is 1. The summed E-state index contributed by atoms with van der Waals surface area (Å²) in [4.78, 5) is 17.5. The van der Waals surface area contributed by atoms with Gasteiger partial charge in [-0.1, -0.05) is 50.2 Å². The molecule has 0 atom stereocenters. The van der Waals surface area contributed by atoms with Gasteiger partial charge in [-0.3, -0.25) is 4.68 Å². The SMILES string of the molecule is Cn1ncc(C(=O)O/N=C(/N)c2ccc(C(C)(C)C)cc2)c1-n1cccc1. The van der Waals surface area contributed by atoms with Crippen LogP contribution in [0.2, 0.25) is 0 Å². The van der Waals surface area contributed by atoms with Crippen molar-refractivity contribution in [3.05, 3.63) is 71.7 Å². The minimum absolute atomic E-state index is 0.0477. The van der Waals surface area contributed by atoms with Crippen LogP contribution in [-0.4, -0.2) is 26.2 Å². The van der Waals surface area contributed by atoms with Crippen molar-refractivity contribution in [1.29, 1.82) is 0 Å². The molecule has 3 rings (SSSR count). The lowest BCUT2D eigenvalue weighted by molar-refractivity contribution is 0.0516. The second kappa shape index (κ2) is 7.11. The number of rotatable bonds is 4. The second-order valence-corrected chi connectivity index (χ2v) is 7.28. The molecule has 27 heavy (non-hydrogen) atoms. The van der Waals surface area contributed by atoms with E-state index in [1.54, 1.807) is 16.3 Å². The number of carbonyl (C=O) groups excluding carboxylic acids is 1. The van der Waals surface area contributed by atoms with E-state index >= 15 is 0 Å². The zero-order valence-electron chi connectivity index (χ0n) is 15.9. The first kappa shape index (κ1) is 18.4. The molecule has 0 amide bonds. The maximum absolute atomic E-state index is 12.4. The number of nitrogens with two attached hydrogens (primary N) is 1. The highest BCUT2D eigenvalue weighted by atomic mass is 16.7. The van der Waals surface area contributed by atoms with Crippen molar-refractivity contribution in [2.75, 3.05) is 0 Å². The molecular weight excluding hydrogens is 342 g/mol. The molecule has 0 unspecified atom stereocenters. The fourth-order valence-electron chi connectivity index (χ4n) is 2.69. The summed E-state index contributed by atoms with van der Waals surface area (Å²) in [6, 6.07) is 11.4. The third-order valence-corrected chi connectivity index (χ3v) is 4.25. The lowest BCUT2D eigenvalue weighted by Crippen LogP contribution is -2.17. The molecule has 140 valence electrons. The third kappa shape index (κ3) is 3.92. The summed E-state index contributed by atoms with van der Waals surface area (Å²) >= 11 is 0. The zero-order chi connectivity index (χ0) is 19.6. The Kier molecular flexibility index (Phi) is 4.85. The fourth-order valence-corrected chi connectivity index (χ4v) is 2.69. The molecule has 3 aromatic rings. The van der Waals surface area contributed by atoms with Gasteiger partial charge in [0.1, 0.15) is 11.4 Å². The molecule has 0 saturated heterocycles. The van der Waals surface area contributed by atoms with Crippen LogP contribution in [0.25, 0.3) is 5.82 Å². The van der Waals surface area contributed by atoms with Crippen LogP contribution in [0, 0.1) is 0 Å². The first-order chi connectivity index (χ1) is 12.8. The number of nitrogens with zero attached hydrogens (tertiary/aromatic N) is 4. The molecule has 0 aliphatic carbocycles. The quantitative estimate of drug-likeness (QED) is 0.333. The highest BCUT2D eigenvalue weighted by Gasteiger charge is 2.19. The van der Waals surface area contributed by atoms with E-state index in [9.17, 15) is 4.79 Å². The highest BCUT2D eigenvalue weighted by Crippen LogP contribution is 2.22. The Morgan fingerprint density at radius 3 is 2.37 bits per heavy atom. The Morgan fingerprint density at radius 1 is 1.15 bits per heavy atom. The largest absolute Gasteiger partial charge is 0.380 e. The molecule has 2 N–H and O–H groups in total. The van der Waals surface area contributed by atoms with Crippen molar-refractivity contribution < 1.29 is 9.63 Å². The van der Waals surface area contributed by atoms with E-state index in [4.69, 9.17) is 10.6 Å². The van der Waals surface area contributed by atoms with Gasteiger partial charge in [0.15, 0.2) is 5.84 Å². The zero-order valence-corrected chi connectivity index (χ0v) is 15.9. The molecule has 0 aliphatic rings. The molecule has 0 spiro atoms. The second-order valence-electron chi connectivity index (χ2n) is 7.28. The Bertz CT molecular complexity index is 961. The van der Waals surface area contributed by atoms with E-state index in [1.807, 2.05) is 48.8 Å². The van der Waals surface area contributed by atoms with Gasteiger partial charge in [0.05, 0.1) is 6.20 Å². The average molecular weight is 365 g/mol. The van der Waals surface area contributed by atoms with Gasteiger partial charge in [-0.05, 0) is 23.1 Å². The molecule has 2 aromatic heterocycles. The summed E-state index contributed by atoms with van der Waals surface area (Å²) in [6.45, 7) is 6.41. The van der Waals surface area contributed by atoms with Crippen molar-refractivity contribution in [2.24, 2.45) is 17.9 Å². The summed E-state index contributed by atoms with van der Waals surface area (Å²) in [5.41, 5.74) is 8.18. The summed E-state index contributed by atoms with van der Waals surface area (Å²) < 4.78 is 3.37. The Hall–Kier alpha value is -3.35. The van der Waals surface area contributed by atoms with E-state index in [0.717, 1.165) is 0 Å². The number of aryl methyl sites for hydroxylation is 1. The van der Waals surface area contributed by atoms with E-state index in [-0.39, 0.29) is 11.3 Å². The lowest BCUT2D eigenvalue weighted by atomic mass is 9.87. The van der Waals surface area contributed by atoms with Gasteiger partial charge >= 0.3 is 5.97 Å². The summed E-state index contributed by atoms with van der Waals surface area (Å²) in [5.74, 6) is 0.101. The van der Waals surface area contributed by atoms with Crippen molar-refractivity contribution >= 4 is 11.8 Å². The van der Waals surface area contributed by atoms with E-state index in [0.29, 0.717) is 16.9 Å². The van der Waals surface area contributed by atoms with Gasteiger partial charge < -0.3 is 15.1 Å². The standard InChI is InChI=1S/C20H23N5O2/c1-20(2,3)15-9-7-14(8-10-15)17(21)23-27-19(26)16-13-22-24(4)18(16)25-11-5-6-12-25/h5-13H,1-4H3,(H2,21,23). The smallest absolute Gasteiger partial charge is 0.371 e. The van der Waals surface area contributed by atoms with Gasteiger partial charge in [0, 0.05) is 25.0 Å². The first-order valence-corrected chi connectivity index (χ1v) is 8.58. The summed E-state index contributed by atoms with van der Waals surface area (Å²) in [5, 5.41) is 7.92. The minimum atomic E-state index is -0.624. The molecule has 1 aromatic carbocycles. The number of hydrogen-bond donors (Lipinski definition) is 1. The van der Waals surface area contributed by atoms with Crippen LogP contribution < -0.4 is 5.73 Å². The lowest BCUT2D eigenvalue weighted by Gasteiger charge is -2.18. The van der Waals surface area contributed by atoms with Gasteiger partial charge in [-0.15, -0.1) is 0 Å². The molecule has 0 fully saturated rings. The number of carbonyl (C=O) groups is 1. The predicted octanol–water partition coefficient (Wildman–Crippen LogP) is 2.99. The van der Waals surface area contributed by atoms with Gasteiger partial charge in [0.25, 0.3) is 0 Å². The van der Waals surface area contributed by atoms with Gasteiger partial charge in [-0.2, -0.15) is 5.10 Å². The van der Waals surface area contributed by atoms with Crippen molar-refractivity contribution in [3.8, 4) is 5.82 Å². The van der Waals surface area contributed by atoms with E-state index < -0.39 is 5.97 Å². The molecule has 0 bridgehead atoms. The van der Waals surface area contributed by atoms with Gasteiger partial charge in [-0.25, -0.2) is 4.79 Å². The number of oxime groups is 1. The predicted molar refractivity (Wildman–Crippen MR) is 104 cm³/mol. The molecule has 2 heterocycles. The molecule has 7 nitrogen and oxygen atoms in total. The van der Waals surface area contributed by atoms with Crippen LogP contribution in [-0.2, 0) is 17.3 Å². The van der Waals surface area contributed by atoms with Crippen molar-refractivity contribution in [3.63, 3.8) is 0 Å². The Balaban J connectivity index is 1.77. The molecular formula is C20H23N5O2. The van der Waals surface area contributed by atoms with E-state index in [1.165, 1.54) is 11.8 Å². The Morgan fingerprint density at radius 2 is 1.78 bits per heavy atom. The van der Waals surface area contributed by atoms with Crippen LogP contribution in [0.4, 0.5) is 0 Å². The molecule has 0 saturated carbocycles. The molecule has 0 radical (unpaired) electrons. The molecule has 0 aliphatic heterocycles. The maximum Gasteiger partial charge on any atom is 0.371 e. The number of benzene rings is 1. The van der Waals surface area contributed by atoms with Crippen molar-refractivity contribution in [2.45, 2.75) is 26.2 Å². The Labute approximate surface area is 158 Å².